The van der Waals surface area contributed by atoms with Gasteiger partial charge in [0.1, 0.15) is 18.1 Å². The largest absolute Gasteiger partial charge is 0.497 e. The van der Waals surface area contributed by atoms with Crippen molar-refractivity contribution in [1.82, 2.24) is 9.97 Å². The first-order chi connectivity index (χ1) is 14.2. The van der Waals surface area contributed by atoms with Crippen LogP contribution in [0.4, 0.5) is 11.6 Å². The molecule has 8 heteroatoms. The number of hydrogen-bond acceptors (Lipinski definition) is 7. The van der Waals surface area contributed by atoms with Crippen molar-refractivity contribution in [1.29, 1.82) is 5.26 Å². The fourth-order valence-corrected chi connectivity index (χ4v) is 2.37. The standard InChI is InChI=1S/C21H19N5O3/c1-28-18-6-8-19(9-7-18)29-11-10-23-21-24-13-16(14-25-21)20(27)26-17-4-2-15(12-22)3-5-17/h2-9,13-14H,10-11H2,1H3,(H,26,27)(H,23,24,25). The van der Waals surface area contributed by atoms with Crippen molar-refractivity contribution in [2.24, 2.45) is 0 Å². The van der Waals surface area contributed by atoms with E-state index in [1.165, 1.54) is 12.4 Å². The molecule has 146 valence electrons. The molecule has 1 heterocycles. The fourth-order valence-electron chi connectivity index (χ4n) is 2.37. The summed E-state index contributed by atoms with van der Waals surface area (Å²) in [5.41, 5.74) is 1.44. The Labute approximate surface area is 168 Å². The lowest BCUT2D eigenvalue weighted by Crippen LogP contribution is -2.15. The van der Waals surface area contributed by atoms with Gasteiger partial charge in [-0.3, -0.25) is 4.79 Å². The van der Waals surface area contributed by atoms with Gasteiger partial charge in [0.25, 0.3) is 5.91 Å². The number of rotatable bonds is 8. The monoisotopic (exact) mass is 389 g/mol. The van der Waals surface area contributed by atoms with Gasteiger partial charge in [0.2, 0.25) is 5.95 Å². The molecule has 2 aromatic carbocycles. The normalized spacial score (nSPS) is 9.93. The number of nitrogens with zero attached hydrogens (tertiary/aromatic N) is 3. The van der Waals surface area contributed by atoms with Crippen LogP contribution in [0.1, 0.15) is 15.9 Å². The minimum Gasteiger partial charge on any atom is -0.497 e. The predicted octanol–water partition coefficient (Wildman–Crippen LogP) is 3.10. The number of methoxy groups -OCH3 is 1. The summed E-state index contributed by atoms with van der Waals surface area (Å²) in [6, 6.07) is 15.9. The molecule has 0 bridgehead atoms. The molecule has 2 N–H and O–H groups in total. The Morgan fingerprint density at radius 3 is 2.31 bits per heavy atom. The Bertz CT molecular complexity index is 981. The molecule has 1 aromatic heterocycles. The maximum atomic E-state index is 12.2. The summed E-state index contributed by atoms with van der Waals surface area (Å²) in [6.45, 7) is 0.930. The molecule has 0 fully saturated rings. The fraction of sp³-hybridized carbons (Fsp3) is 0.143. The lowest BCUT2D eigenvalue weighted by molar-refractivity contribution is 0.102. The molecule has 8 nitrogen and oxygen atoms in total. The van der Waals surface area contributed by atoms with Crippen molar-refractivity contribution in [2.45, 2.75) is 0 Å². The zero-order valence-corrected chi connectivity index (χ0v) is 15.8. The van der Waals surface area contributed by atoms with E-state index in [-0.39, 0.29) is 5.91 Å². The third-order valence-corrected chi connectivity index (χ3v) is 3.90. The van der Waals surface area contributed by atoms with E-state index >= 15 is 0 Å². The first-order valence-electron chi connectivity index (χ1n) is 8.82. The highest BCUT2D eigenvalue weighted by atomic mass is 16.5. The summed E-state index contributed by atoms with van der Waals surface area (Å²) >= 11 is 0. The van der Waals surface area contributed by atoms with E-state index in [1.807, 2.05) is 30.3 Å². The summed E-state index contributed by atoms with van der Waals surface area (Å²) < 4.78 is 10.7. The molecule has 1 amide bonds. The van der Waals surface area contributed by atoms with Crippen molar-refractivity contribution >= 4 is 17.5 Å². The second kappa shape index (κ2) is 9.71. The molecule has 29 heavy (non-hydrogen) atoms. The van der Waals surface area contributed by atoms with Gasteiger partial charge in [-0.15, -0.1) is 0 Å². The van der Waals surface area contributed by atoms with Gasteiger partial charge in [0, 0.05) is 18.1 Å². The molecule has 0 unspecified atom stereocenters. The second-order valence-corrected chi connectivity index (χ2v) is 5.89. The summed E-state index contributed by atoms with van der Waals surface area (Å²) in [7, 11) is 1.61. The highest BCUT2D eigenvalue weighted by molar-refractivity contribution is 6.03. The molecule has 0 spiro atoms. The lowest BCUT2D eigenvalue weighted by Gasteiger charge is -2.09. The van der Waals surface area contributed by atoms with Crippen LogP contribution < -0.4 is 20.1 Å². The van der Waals surface area contributed by atoms with Gasteiger partial charge in [0.15, 0.2) is 0 Å². The molecule has 0 radical (unpaired) electrons. The summed E-state index contributed by atoms with van der Waals surface area (Å²) in [5.74, 6) is 1.58. The minimum absolute atomic E-state index is 0.328. The number of benzene rings is 2. The van der Waals surface area contributed by atoms with Gasteiger partial charge in [0.05, 0.1) is 30.9 Å². The van der Waals surface area contributed by atoms with Crippen molar-refractivity contribution in [2.75, 3.05) is 30.9 Å². The van der Waals surface area contributed by atoms with E-state index < -0.39 is 0 Å². The van der Waals surface area contributed by atoms with Crippen LogP contribution in [-0.4, -0.2) is 36.1 Å². The average molecular weight is 389 g/mol. The van der Waals surface area contributed by atoms with Crippen LogP contribution in [0.15, 0.2) is 60.9 Å². The van der Waals surface area contributed by atoms with Crippen LogP contribution in [0.3, 0.4) is 0 Å². The van der Waals surface area contributed by atoms with E-state index in [0.29, 0.717) is 35.9 Å². The molecule has 0 aliphatic rings. The van der Waals surface area contributed by atoms with Crippen molar-refractivity contribution in [3.8, 4) is 17.6 Å². The molecule has 0 aliphatic heterocycles. The zero-order chi connectivity index (χ0) is 20.5. The molecular formula is C21H19N5O3. The molecule has 0 saturated heterocycles. The van der Waals surface area contributed by atoms with E-state index in [9.17, 15) is 4.79 Å². The molecular weight excluding hydrogens is 370 g/mol. The van der Waals surface area contributed by atoms with Gasteiger partial charge in [-0.05, 0) is 48.5 Å². The topological polar surface area (TPSA) is 109 Å². The van der Waals surface area contributed by atoms with E-state index in [2.05, 4.69) is 20.6 Å². The van der Waals surface area contributed by atoms with Gasteiger partial charge in [-0.2, -0.15) is 5.26 Å². The summed E-state index contributed by atoms with van der Waals surface area (Å²) in [5, 5.41) is 14.6. The van der Waals surface area contributed by atoms with Gasteiger partial charge in [-0.25, -0.2) is 9.97 Å². The number of aromatic nitrogens is 2. The van der Waals surface area contributed by atoms with Crippen molar-refractivity contribution < 1.29 is 14.3 Å². The number of carbonyl (C=O) groups excluding carboxylic acids is 1. The number of nitrogens with one attached hydrogen (secondary N) is 2. The smallest absolute Gasteiger partial charge is 0.258 e. The number of nitriles is 1. The summed E-state index contributed by atoms with van der Waals surface area (Å²) in [4.78, 5) is 20.5. The number of hydrogen-bond donors (Lipinski definition) is 2. The van der Waals surface area contributed by atoms with Gasteiger partial charge < -0.3 is 20.1 Å². The average Bonchev–Trinajstić information content (AvgIpc) is 2.78. The molecule has 3 aromatic rings. The Morgan fingerprint density at radius 1 is 1.03 bits per heavy atom. The van der Waals surface area contributed by atoms with Gasteiger partial charge >= 0.3 is 0 Å². The van der Waals surface area contributed by atoms with Crippen LogP contribution in [0, 0.1) is 11.3 Å². The molecule has 3 rings (SSSR count). The highest BCUT2D eigenvalue weighted by Gasteiger charge is 2.08. The quantitative estimate of drug-likeness (QED) is 0.570. The van der Waals surface area contributed by atoms with Crippen LogP contribution >= 0.6 is 0 Å². The zero-order valence-electron chi connectivity index (χ0n) is 15.8. The first kappa shape index (κ1) is 19.6. The number of anilines is 2. The Kier molecular flexibility index (Phi) is 6.58. The molecule has 0 aliphatic carbocycles. The number of ether oxygens (including phenoxy) is 2. The third-order valence-electron chi connectivity index (χ3n) is 3.90. The van der Waals surface area contributed by atoms with E-state index in [1.54, 1.807) is 31.4 Å². The Hall–Kier alpha value is -4.12. The number of carbonyl (C=O) groups is 1. The molecule has 0 saturated carbocycles. The maximum Gasteiger partial charge on any atom is 0.258 e. The van der Waals surface area contributed by atoms with Crippen molar-refractivity contribution in [3.63, 3.8) is 0 Å². The van der Waals surface area contributed by atoms with Crippen LogP contribution in [-0.2, 0) is 0 Å². The van der Waals surface area contributed by atoms with Crippen molar-refractivity contribution in [3.05, 3.63) is 72.1 Å². The first-order valence-corrected chi connectivity index (χ1v) is 8.82. The van der Waals surface area contributed by atoms with E-state index in [0.717, 1.165) is 11.5 Å². The Morgan fingerprint density at radius 2 is 1.69 bits per heavy atom. The van der Waals surface area contributed by atoms with Crippen LogP contribution in [0.2, 0.25) is 0 Å². The predicted molar refractivity (Wildman–Crippen MR) is 108 cm³/mol. The SMILES string of the molecule is COc1ccc(OCCNc2ncc(C(=O)Nc3ccc(C#N)cc3)cn2)cc1. The maximum absolute atomic E-state index is 12.2. The number of amides is 1. The third kappa shape index (κ3) is 5.68. The van der Waals surface area contributed by atoms with E-state index in [4.69, 9.17) is 14.7 Å². The minimum atomic E-state index is -0.330. The lowest BCUT2D eigenvalue weighted by atomic mass is 10.2. The highest BCUT2D eigenvalue weighted by Crippen LogP contribution is 2.16. The molecule has 0 atom stereocenters. The van der Waals surface area contributed by atoms with Gasteiger partial charge in [-0.1, -0.05) is 0 Å². The Balaban J connectivity index is 1.45. The second-order valence-electron chi connectivity index (χ2n) is 5.89. The van der Waals surface area contributed by atoms with Crippen LogP contribution in [0.5, 0.6) is 11.5 Å². The summed E-state index contributed by atoms with van der Waals surface area (Å²) in [6.07, 6.45) is 2.89. The van der Waals surface area contributed by atoms with Crippen LogP contribution in [0.25, 0.3) is 0 Å².